The number of imide groups is 1. The van der Waals surface area contributed by atoms with E-state index in [0.717, 1.165) is 22.1 Å². The maximum absolute atomic E-state index is 12.7. The summed E-state index contributed by atoms with van der Waals surface area (Å²) in [5.74, 6) is -0.263. The number of nitrogens with one attached hydrogen (secondary N) is 2. The SMILES string of the molecule is COc1cc(-c2cn(C)c(=O)c3c2ccn3C)cc(OC)c1CCCC(=O)NCCOCCC(=O)N1CCN(C2CCC(=O)NC2=O)C(=O)C1. The van der Waals surface area contributed by atoms with Crippen LogP contribution in [0, 0.1) is 0 Å². The predicted octanol–water partition coefficient (Wildman–Crippen LogP) is 0.883. The molecular weight excluding hydrogens is 648 g/mol. The Morgan fingerprint density at radius 1 is 0.980 bits per heavy atom. The molecule has 5 amide bonds. The number of benzene rings is 1. The molecule has 5 rings (SSSR count). The second-order valence-corrected chi connectivity index (χ2v) is 12.4. The van der Waals surface area contributed by atoms with Crippen molar-refractivity contribution in [1.82, 2.24) is 29.6 Å². The van der Waals surface area contributed by atoms with Crippen molar-refractivity contribution in [2.45, 2.75) is 44.6 Å². The number of carbonyl (C=O) groups excluding carboxylic acids is 5. The Bertz CT molecular complexity index is 1820. The van der Waals surface area contributed by atoms with Gasteiger partial charge < -0.3 is 38.5 Å². The number of aromatic nitrogens is 2. The van der Waals surface area contributed by atoms with E-state index in [-0.39, 0.29) is 87.7 Å². The Hall–Kier alpha value is -5.18. The van der Waals surface area contributed by atoms with Crippen molar-refractivity contribution < 1.29 is 38.2 Å². The van der Waals surface area contributed by atoms with Crippen LogP contribution in [0.15, 0.2) is 35.4 Å². The quantitative estimate of drug-likeness (QED) is 0.184. The van der Waals surface area contributed by atoms with Crippen LogP contribution in [0.5, 0.6) is 11.5 Å². The number of amides is 5. The Morgan fingerprint density at radius 3 is 2.40 bits per heavy atom. The number of carbonyl (C=O) groups is 5. The third-order valence-electron chi connectivity index (χ3n) is 9.18. The van der Waals surface area contributed by atoms with Crippen molar-refractivity contribution in [1.29, 1.82) is 0 Å². The molecule has 0 bridgehead atoms. The highest BCUT2D eigenvalue weighted by atomic mass is 16.5. The maximum atomic E-state index is 12.7. The van der Waals surface area contributed by atoms with E-state index in [9.17, 15) is 28.8 Å². The highest BCUT2D eigenvalue weighted by Gasteiger charge is 2.37. The van der Waals surface area contributed by atoms with Gasteiger partial charge in [-0.25, -0.2) is 0 Å². The van der Waals surface area contributed by atoms with Crippen molar-refractivity contribution in [3.05, 3.63) is 46.5 Å². The molecule has 0 saturated carbocycles. The lowest BCUT2D eigenvalue weighted by Crippen LogP contribution is -2.60. The molecule has 15 nitrogen and oxygen atoms in total. The number of ether oxygens (including phenoxy) is 3. The standard InChI is InChI=1S/C35H44N6O9/c1-38-13-10-23-25(20-39(2)35(47)33(23)38)22-18-27(48-3)24(28(19-22)49-4)6-5-7-29(42)36-12-17-50-16-11-31(44)40-14-15-41(32(45)21-40)26-8-9-30(43)37-34(26)46/h10,13,18-20,26H,5-9,11-12,14-17,21H2,1-4H3,(H,36,42)(H,37,43,46). The number of piperazine rings is 1. The van der Waals surface area contributed by atoms with E-state index in [1.807, 2.05) is 42.2 Å². The molecule has 2 aliphatic heterocycles. The summed E-state index contributed by atoms with van der Waals surface area (Å²) < 4.78 is 20.4. The number of pyridine rings is 1. The van der Waals surface area contributed by atoms with Crippen molar-refractivity contribution >= 4 is 40.4 Å². The minimum absolute atomic E-state index is 0.0821. The van der Waals surface area contributed by atoms with Gasteiger partial charge in [0.15, 0.2) is 0 Å². The second-order valence-electron chi connectivity index (χ2n) is 12.4. The molecule has 15 heteroatoms. The number of fused-ring (bicyclic) bond motifs is 1. The number of aryl methyl sites for hydroxylation is 2. The fraction of sp³-hybridized carbons (Fsp3) is 0.486. The van der Waals surface area contributed by atoms with Crippen LogP contribution in [0.3, 0.4) is 0 Å². The van der Waals surface area contributed by atoms with Crippen LogP contribution >= 0.6 is 0 Å². The van der Waals surface area contributed by atoms with Crippen molar-refractivity contribution in [2.75, 3.05) is 53.6 Å². The first kappa shape index (κ1) is 36.1. The summed E-state index contributed by atoms with van der Waals surface area (Å²) in [4.78, 5) is 76.9. The Balaban J connectivity index is 1.03. The Kier molecular flexibility index (Phi) is 11.6. The van der Waals surface area contributed by atoms with Crippen LogP contribution in [0.4, 0.5) is 0 Å². The third kappa shape index (κ3) is 7.99. The molecule has 2 N–H and O–H groups in total. The van der Waals surface area contributed by atoms with E-state index in [1.54, 1.807) is 25.8 Å². The molecular formula is C35H44N6O9. The molecule has 3 aromatic rings. The zero-order valence-corrected chi connectivity index (χ0v) is 28.9. The fourth-order valence-corrected chi connectivity index (χ4v) is 6.52. The summed E-state index contributed by atoms with van der Waals surface area (Å²) in [6.45, 7) is 1.05. The number of piperidine rings is 1. The molecule has 0 radical (unpaired) electrons. The van der Waals surface area contributed by atoms with Gasteiger partial charge in [0.05, 0.1) is 40.4 Å². The Morgan fingerprint density at radius 2 is 1.72 bits per heavy atom. The second kappa shape index (κ2) is 16.0. The summed E-state index contributed by atoms with van der Waals surface area (Å²) in [6.07, 6.45) is 5.57. The maximum Gasteiger partial charge on any atom is 0.274 e. The lowest BCUT2D eigenvalue weighted by Gasteiger charge is -2.39. The van der Waals surface area contributed by atoms with Crippen molar-refractivity contribution in [3.8, 4) is 22.6 Å². The molecule has 0 aliphatic carbocycles. The average molecular weight is 693 g/mol. The van der Waals surface area contributed by atoms with Gasteiger partial charge in [0.1, 0.15) is 23.1 Å². The topological polar surface area (TPSA) is 171 Å². The zero-order valence-electron chi connectivity index (χ0n) is 28.9. The Labute approximate surface area is 289 Å². The average Bonchev–Trinajstić information content (AvgIpc) is 3.49. The molecule has 2 fully saturated rings. The number of methoxy groups -OCH3 is 2. The van der Waals surface area contributed by atoms with Crippen LogP contribution in [-0.2, 0) is 49.2 Å². The van der Waals surface area contributed by atoms with E-state index >= 15 is 0 Å². The van der Waals surface area contributed by atoms with Gasteiger partial charge in [-0.1, -0.05) is 0 Å². The molecule has 4 heterocycles. The minimum atomic E-state index is -0.686. The van der Waals surface area contributed by atoms with Crippen LogP contribution in [0.25, 0.3) is 22.0 Å². The van der Waals surface area contributed by atoms with Crippen LogP contribution < -0.4 is 25.7 Å². The molecule has 1 aromatic carbocycles. The molecule has 1 unspecified atom stereocenters. The minimum Gasteiger partial charge on any atom is -0.496 e. The molecule has 0 spiro atoms. The third-order valence-corrected chi connectivity index (χ3v) is 9.18. The molecule has 2 aromatic heterocycles. The predicted molar refractivity (Wildman–Crippen MR) is 183 cm³/mol. The number of hydrogen-bond acceptors (Lipinski definition) is 9. The van der Waals surface area contributed by atoms with Crippen LogP contribution in [0.2, 0.25) is 0 Å². The number of rotatable bonds is 14. The zero-order chi connectivity index (χ0) is 35.9. The van der Waals surface area contributed by atoms with E-state index < -0.39 is 11.9 Å². The van der Waals surface area contributed by atoms with Gasteiger partial charge in [-0.15, -0.1) is 0 Å². The summed E-state index contributed by atoms with van der Waals surface area (Å²) in [5.41, 5.74) is 3.08. The summed E-state index contributed by atoms with van der Waals surface area (Å²) in [5, 5.41) is 5.92. The molecule has 50 heavy (non-hydrogen) atoms. The largest absolute Gasteiger partial charge is 0.496 e. The van der Waals surface area contributed by atoms with E-state index in [4.69, 9.17) is 14.2 Å². The normalized spacial score (nSPS) is 16.5. The van der Waals surface area contributed by atoms with E-state index in [1.165, 1.54) is 9.80 Å². The molecule has 2 saturated heterocycles. The van der Waals surface area contributed by atoms with Gasteiger partial charge in [0.2, 0.25) is 29.5 Å². The number of hydrogen-bond donors (Lipinski definition) is 2. The van der Waals surface area contributed by atoms with Gasteiger partial charge in [0, 0.05) is 75.5 Å². The van der Waals surface area contributed by atoms with Crippen molar-refractivity contribution in [3.63, 3.8) is 0 Å². The summed E-state index contributed by atoms with van der Waals surface area (Å²) in [7, 11) is 6.74. The van der Waals surface area contributed by atoms with Gasteiger partial charge in [-0.3, -0.25) is 34.1 Å². The van der Waals surface area contributed by atoms with Crippen LogP contribution in [0.1, 0.15) is 37.7 Å². The lowest BCUT2D eigenvalue weighted by atomic mass is 9.98. The highest BCUT2D eigenvalue weighted by molar-refractivity contribution is 6.02. The monoisotopic (exact) mass is 692 g/mol. The van der Waals surface area contributed by atoms with Gasteiger partial charge in [0.25, 0.3) is 5.56 Å². The number of nitrogens with zero attached hydrogens (tertiary/aromatic N) is 4. The summed E-state index contributed by atoms with van der Waals surface area (Å²) >= 11 is 0. The lowest BCUT2D eigenvalue weighted by molar-refractivity contribution is -0.152. The molecule has 2 aliphatic rings. The molecule has 1 atom stereocenters. The first-order valence-electron chi connectivity index (χ1n) is 16.7. The van der Waals surface area contributed by atoms with Gasteiger partial charge in [-0.05, 0) is 43.0 Å². The molecule has 268 valence electrons. The first-order valence-corrected chi connectivity index (χ1v) is 16.7. The highest BCUT2D eigenvalue weighted by Crippen LogP contribution is 2.38. The van der Waals surface area contributed by atoms with Gasteiger partial charge in [-0.2, -0.15) is 0 Å². The smallest absolute Gasteiger partial charge is 0.274 e. The van der Waals surface area contributed by atoms with Crippen molar-refractivity contribution in [2.24, 2.45) is 14.1 Å². The van der Waals surface area contributed by atoms with E-state index in [2.05, 4.69) is 10.6 Å². The summed E-state index contributed by atoms with van der Waals surface area (Å²) in [6, 6.07) is 5.08. The van der Waals surface area contributed by atoms with E-state index in [0.29, 0.717) is 36.4 Å². The van der Waals surface area contributed by atoms with Gasteiger partial charge >= 0.3 is 0 Å². The first-order chi connectivity index (χ1) is 24.0. The van der Waals surface area contributed by atoms with Crippen LogP contribution in [-0.4, -0.2) is 108 Å². The fourth-order valence-electron chi connectivity index (χ4n) is 6.52.